The smallest absolute Gasteiger partial charge is 0.306 e. The Hall–Kier alpha value is -3.35. The molecular weight excluding hydrogens is 464 g/mol. The van der Waals surface area contributed by atoms with Gasteiger partial charge in [-0.05, 0) is 79.7 Å². The lowest BCUT2D eigenvalue weighted by Gasteiger charge is -2.35. The van der Waals surface area contributed by atoms with Gasteiger partial charge in [-0.15, -0.1) is 0 Å². The Morgan fingerprint density at radius 2 is 1.97 bits per heavy atom. The molecule has 6 aliphatic heterocycles. The highest BCUT2D eigenvalue weighted by molar-refractivity contribution is 5.79. The van der Waals surface area contributed by atoms with Crippen molar-refractivity contribution in [1.82, 2.24) is 19.7 Å². The van der Waals surface area contributed by atoms with Gasteiger partial charge in [0.15, 0.2) is 5.65 Å². The van der Waals surface area contributed by atoms with Gasteiger partial charge in [-0.3, -0.25) is 19.4 Å². The van der Waals surface area contributed by atoms with Crippen molar-refractivity contribution in [2.75, 3.05) is 13.2 Å². The van der Waals surface area contributed by atoms with Crippen LogP contribution in [0.15, 0.2) is 42.6 Å². The van der Waals surface area contributed by atoms with Crippen LogP contribution in [0.25, 0.3) is 11.2 Å². The Kier molecular flexibility index (Phi) is 6.61. The molecule has 37 heavy (non-hydrogen) atoms. The van der Waals surface area contributed by atoms with Crippen LogP contribution in [-0.2, 0) is 33.8 Å². The molecule has 1 aromatic carbocycles. The number of aromatic nitrogens is 3. The Morgan fingerprint density at radius 1 is 1.11 bits per heavy atom. The predicted octanol–water partition coefficient (Wildman–Crippen LogP) is 5.10. The van der Waals surface area contributed by atoms with E-state index in [2.05, 4.69) is 51.1 Å². The first-order valence-corrected chi connectivity index (χ1v) is 13.8. The van der Waals surface area contributed by atoms with E-state index in [-0.39, 0.29) is 24.2 Å². The van der Waals surface area contributed by atoms with E-state index >= 15 is 0 Å². The molecule has 1 aliphatic carbocycles. The molecule has 0 spiro atoms. The van der Waals surface area contributed by atoms with E-state index in [1.807, 2.05) is 13.1 Å². The number of hydrogen-bond acceptors (Lipinski definition) is 4. The molecule has 8 heterocycles. The molecule has 3 aromatic rings. The zero-order chi connectivity index (χ0) is 25.4. The van der Waals surface area contributed by atoms with Crippen LogP contribution in [0.3, 0.4) is 0 Å². The summed E-state index contributed by atoms with van der Waals surface area (Å²) in [7, 11) is 0. The minimum atomic E-state index is -0.213. The van der Waals surface area contributed by atoms with Gasteiger partial charge in [-0.25, -0.2) is 4.98 Å². The van der Waals surface area contributed by atoms with Crippen LogP contribution in [0.2, 0.25) is 0 Å². The average Bonchev–Trinajstić information content (AvgIpc) is 2.91. The van der Waals surface area contributed by atoms with Crippen LogP contribution in [-0.4, -0.2) is 44.7 Å². The number of allylic oxidation sites excluding steroid dienone is 2. The lowest BCUT2D eigenvalue weighted by molar-refractivity contribution is -0.143. The summed E-state index contributed by atoms with van der Waals surface area (Å²) in [6.45, 7) is 4.40. The van der Waals surface area contributed by atoms with Gasteiger partial charge in [0.05, 0.1) is 25.1 Å². The minimum absolute atomic E-state index is 0.153. The summed E-state index contributed by atoms with van der Waals surface area (Å²) >= 11 is 0. The molecule has 1 saturated carbocycles. The summed E-state index contributed by atoms with van der Waals surface area (Å²) in [6.07, 6.45) is 12.8. The van der Waals surface area contributed by atoms with E-state index in [1.54, 1.807) is 0 Å². The Morgan fingerprint density at radius 3 is 2.78 bits per heavy atom. The van der Waals surface area contributed by atoms with Gasteiger partial charge in [0.2, 0.25) is 5.91 Å². The third-order valence-electron chi connectivity index (χ3n) is 8.55. The molecule has 10 rings (SSSR count). The van der Waals surface area contributed by atoms with Crippen molar-refractivity contribution in [3.63, 3.8) is 0 Å². The highest BCUT2D eigenvalue weighted by atomic mass is 16.5. The van der Waals surface area contributed by atoms with Gasteiger partial charge < -0.3 is 9.64 Å². The number of aromatic amines is 1. The second kappa shape index (κ2) is 10.2. The van der Waals surface area contributed by atoms with Gasteiger partial charge in [0, 0.05) is 31.1 Å². The normalized spacial score (nSPS) is 24.7. The fourth-order valence-electron chi connectivity index (χ4n) is 6.41. The highest BCUT2D eigenvalue weighted by Crippen LogP contribution is 2.35. The molecule has 1 N–H and O–H groups in total. The molecule has 0 saturated heterocycles. The number of pyridine rings is 1. The number of carbonyl (C=O) groups is 2. The van der Waals surface area contributed by atoms with Crippen LogP contribution >= 0.6 is 0 Å². The fraction of sp³-hybridized carbons (Fsp3) is 0.500. The fourth-order valence-corrected chi connectivity index (χ4v) is 6.41. The van der Waals surface area contributed by atoms with Crippen molar-refractivity contribution in [3.05, 3.63) is 64.9 Å². The van der Waals surface area contributed by atoms with Gasteiger partial charge in [0.25, 0.3) is 0 Å². The minimum Gasteiger partial charge on any atom is -0.466 e. The van der Waals surface area contributed by atoms with Crippen molar-refractivity contribution in [2.24, 2.45) is 11.8 Å². The number of ether oxygens (including phenoxy) is 1. The summed E-state index contributed by atoms with van der Waals surface area (Å²) in [6, 6.07) is 8.64. The first kappa shape index (κ1) is 24.0. The quantitative estimate of drug-likeness (QED) is 0.401. The van der Waals surface area contributed by atoms with Crippen LogP contribution < -0.4 is 0 Å². The maximum atomic E-state index is 13.5. The molecule has 1 atom stereocenters. The molecule has 194 valence electrons. The molecule has 2 aromatic heterocycles. The summed E-state index contributed by atoms with van der Waals surface area (Å²) in [5.41, 5.74) is 6.48. The number of nitrogens with one attached hydrogen (secondary N) is 1. The average molecular weight is 501 g/mol. The van der Waals surface area contributed by atoms with E-state index in [9.17, 15) is 9.59 Å². The van der Waals surface area contributed by atoms with Crippen molar-refractivity contribution in [1.29, 1.82) is 0 Å². The molecule has 1 amide bonds. The standard InChI is InChI=1S/C30H36N4O3/c1-2-37-28(35)17-26-23-11-10-21-12-14-33(19-25(21)15-23)30(36)22-8-6-20(7-9-22)5-3-4-13-34-29-27(32-34)16-24(26)18-31-29/h3-4,10-11,15-16,18,20,22,26,32H,2,5-9,12-14,17,19H2,1H3/b4-3+. The first-order valence-electron chi connectivity index (χ1n) is 13.8. The van der Waals surface area contributed by atoms with Crippen LogP contribution in [0.4, 0.5) is 0 Å². The lowest BCUT2D eigenvalue weighted by Crippen LogP contribution is -2.40. The molecule has 7 heteroatoms. The van der Waals surface area contributed by atoms with E-state index in [0.717, 1.165) is 73.9 Å². The number of rotatable bonds is 3. The molecule has 0 radical (unpaired) electrons. The highest BCUT2D eigenvalue weighted by Gasteiger charge is 2.31. The third-order valence-corrected chi connectivity index (χ3v) is 8.55. The SMILES string of the molecule is CCOC(=O)CC1c2ccc3c(c2)CN(CC3)C(=O)C2CCC(C/C=C/Cn3[nH]c4cc1cnc43)CC2. The van der Waals surface area contributed by atoms with Gasteiger partial charge in [0.1, 0.15) is 0 Å². The molecule has 1 unspecified atom stereocenters. The van der Waals surface area contributed by atoms with Crippen LogP contribution in [0, 0.1) is 11.8 Å². The van der Waals surface area contributed by atoms with E-state index in [0.29, 0.717) is 25.0 Å². The van der Waals surface area contributed by atoms with Gasteiger partial charge in [-0.1, -0.05) is 30.4 Å². The summed E-state index contributed by atoms with van der Waals surface area (Å²) in [5, 5.41) is 3.41. The topological polar surface area (TPSA) is 80.2 Å². The molecule has 9 bridgehead atoms. The van der Waals surface area contributed by atoms with E-state index < -0.39 is 0 Å². The zero-order valence-corrected chi connectivity index (χ0v) is 21.6. The van der Waals surface area contributed by atoms with Crippen molar-refractivity contribution in [2.45, 2.75) is 70.9 Å². The monoisotopic (exact) mass is 500 g/mol. The van der Waals surface area contributed by atoms with Gasteiger partial charge in [-0.2, -0.15) is 0 Å². The molecule has 1 fully saturated rings. The summed E-state index contributed by atoms with van der Waals surface area (Å²) in [4.78, 5) is 32.9. The number of H-pyrrole nitrogens is 1. The van der Waals surface area contributed by atoms with Crippen molar-refractivity contribution < 1.29 is 14.3 Å². The molecular formula is C30H36N4O3. The predicted molar refractivity (Wildman–Crippen MR) is 142 cm³/mol. The zero-order valence-electron chi connectivity index (χ0n) is 21.6. The largest absolute Gasteiger partial charge is 0.466 e. The van der Waals surface area contributed by atoms with Crippen molar-refractivity contribution in [3.8, 4) is 0 Å². The first-order chi connectivity index (χ1) is 18.1. The Balaban J connectivity index is 1.38. The Bertz CT molecular complexity index is 1330. The molecule has 7 aliphatic rings. The van der Waals surface area contributed by atoms with Gasteiger partial charge >= 0.3 is 5.97 Å². The number of amides is 1. The van der Waals surface area contributed by atoms with Crippen LogP contribution in [0.5, 0.6) is 0 Å². The Labute approximate surface area is 217 Å². The number of hydrogen-bond donors (Lipinski definition) is 1. The maximum absolute atomic E-state index is 13.5. The second-order valence-electron chi connectivity index (χ2n) is 10.9. The summed E-state index contributed by atoms with van der Waals surface area (Å²) < 4.78 is 7.39. The third kappa shape index (κ3) is 4.83. The number of esters is 1. The lowest BCUT2D eigenvalue weighted by atomic mass is 9.79. The summed E-state index contributed by atoms with van der Waals surface area (Å²) in [5.74, 6) is 0.770. The van der Waals surface area contributed by atoms with Crippen LogP contribution in [0.1, 0.15) is 73.6 Å². The van der Waals surface area contributed by atoms with E-state index in [1.165, 1.54) is 11.1 Å². The number of carbonyl (C=O) groups excluding carboxylic acids is 2. The van der Waals surface area contributed by atoms with E-state index in [4.69, 9.17) is 9.72 Å². The number of benzene rings is 1. The second-order valence-corrected chi connectivity index (χ2v) is 10.9. The van der Waals surface area contributed by atoms with Crippen molar-refractivity contribution >= 4 is 23.0 Å². The molecule has 7 nitrogen and oxygen atoms in total. The number of nitrogens with zero attached hydrogens (tertiary/aromatic N) is 3. The maximum Gasteiger partial charge on any atom is 0.306 e.